The molecule has 0 aliphatic heterocycles. The first-order valence-corrected chi connectivity index (χ1v) is 11.4. The highest BCUT2D eigenvalue weighted by molar-refractivity contribution is 6.07. The Morgan fingerprint density at radius 2 is 1.89 bits per heavy atom. The number of amides is 1. The summed E-state index contributed by atoms with van der Waals surface area (Å²) in [7, 11) is 0. The van der Waals surface area contributed by atoms with Gasteiger partial charge in [0.1, 0.15) is 11.6 Å². The van der Waals surface area contributed by atoms with Gasteiger partial charge in [-0.3, -0.25) is 29.0 Å². The SMILES string of the molecule is CCCCn1c(N)c(N(Cc2ccco2)C(=O)c2ccc(-c3ccccc3)nc2C)c(=O)[nH]c1=O. The van der Waals surface area contributed by atoms with E-state index in [1.165, 1.54) is 15.7 Å². The van der Waals surface area contributed by atoms with E-state index in [2.05, 4.69) is 9.97 Å². The molecule has 35 heavy (non-hydrogen) atoms. The van der Waals surface area contributed by atoms with Crippen LogP contribution >= 0.6 is 0 Å². The molecule has 3 aromatic heterocycles. The summed E-state index contributed by atoms with van der Waals surface area (Å²) in [5.41, 5.74) is 7.30. The highest BCUT2D eigenvalue weighted by Crippen LogP contribution is 2.25. The van der Waals surface area contributed by atoms with Crippen LogP contribution in [0.15, 0.2) is 74.9 Å². The van der Waals surface area contributed by atoms with Crippen LogP contribution in [0.25, 0.3) is 11.3 Å². The van der Waals surface area contributed by atoms with Crippen LogP contribution in [0.4, 0.5) is 11.5 Å². The van der Waals surface area contributed by atoms with Crippen LogP contribution in [-0.2, 0) is 13.1 Å². The number of nitrogen functional groups attached to an aromatic ring is 1. The number of aromatic amines is 1. The Morgan fingerprint density at radius 3 is 2.54 bits per heavy atom. The van der Waals surface area contributed by atoms with Crippen LogP contribution in [-0.4, -0.2) is 20.4 Å². The summed E-state index contributed by atoms with van der Waals surface area (Å²) < 4.78 is 6.73. The van der Waals surface area contributed by atoms with Crippen LogP contribution in [0.3, 0.4) is 0 Å². The Labute approximate surface area is 201 Å². The average molecular weight is 474 g/mol. The lowest BCUT2D eigenvalue weighted by Gasteiger charge is -2.24. The molecule has 0 saturated heterocycles. The maximum Gasteiger partial charge on any atom is 0.330 e. The van der Waals surface area contributed by atoms with Gasteiger partial charge in [-0.05, 0) is 37.6 Å². The van der Waals surface area contributed by atoms with Gasteiger partial charge in [-0.1, -0.05) is 43.7 Å². The van der Waals surface area contributed by atoms with Gasteiger partial charge in [0.25, 0.3) is 11.5 Å². The third-order valence-corrected chi connectivity index (χ3v) is 5.74. The Bertz CT molecular complexity index is 1440. The molecule has 0 atom stereocenters. The second-order valence-electron chi connectivity index (χ2n) is 8.16. The van der Waals surface area contributed by atoms with Crippen molar-refractivity contribution < 1.29 is 9.21 Å². The number of rotatable bonds is 8. The molecule has 4 aromatic rings. The van der Waals surface area contributed by atoms with Gasteiger partial charge in [0.15, 0.2) is 5.69 Å². The summed E-state index contributed by atoms with van der Waals surface area (Å²) in [6.07, 6.45) is 2.99. The predicted octanol–water partition coefficient (Wildman–Crippen LogP) is 3.73. The van der Waals surface area contributed by atoms with E-state index in [1.54, 1.807) is 31.2 Å². The van der Waals surface area contributed by atoms with Crippen molar-refractivity contribution >= 4 is 17.4 Å². The summed E-state index contributed by atoms with van der Waals surface area (Å²) in [6.45, 7) is 3.99. The van der Waals surface area contributed by atoms with Crippen LogP contribution in [0.2, 0.25) is 0 Å². The number of unbranched alkanes of at least 4 members (excludes halogenated alkanes) is 1. The summed E-state index contributed by atoms with van der Waals surface area (Å²) in [4.78, 5) is 47.3. The third kappa shape index (κ3) is 4.93. The highest BCUT2D eigenvalue weighted by Gasteiger charge is 2.27. The highest BCUT2D eigenvalue weighted by atomic mass is 16.3. The molecule has 0 bridgehead atoms. The fourth-order valence-corrected chi connectivity index (χ4v) is 3.89. The van der Waals surface area contributed by atoms with Crippen LogP contribution in [0.1, 0.15) is 41.6 Å². The minimum Gasteiger partial charge on any atom is -0.467 e. The second-order valence-corrected chi connectivity index (χ2v) is 8.16. The van der Waals surface area contributed by atoms with Crippen molar-refractivity contribution in [1.82, 2.24) is 14.5 Å². The number of nitrogens with one attached hydrogen (secondary N) is 1. The van der Waals surface area contributed by atoms with E-state index in [4.69, 9.17) is 10.2 Å². The molecule has 0 aliphatic rings. The molecule has 3 heterocycles. The molecule has 1 amide bonds. The molecule has 0 radical (unpaired) electrons. The minimum atomic E-state index is -0.744. The Hall–Kier alpha value is -4.40. The van der Waals surface area contributed by atoms with E-state index in [0.29, 0.717) is 30.0 Å². The molecule has 3 N–H and O–H groups in total. The van der Waals surface area contributed by atoms with Gasteiger partial charge in [-0.2, -0.15) is 0 Å². The molecule has 9 nitrogen and oxygen atoms in total. The molecular formula is C26H27N5O4. The number of hydrogen-bond acceptors (Lipinski definition) is 6. The molecule has 0 spiro atoms. The van der Waals surface area contributed by atoms with Crippen molar-refractivity contribution in [2.75, 3.05) is 10.6 Å². The maximum atomic E-state index is 13.8. The van der Waals surface area contributed by atoms with Gasteiger partial charge in [-0.15, -0.1) is 0 Å². The molecular weight excluding hydrogens is 446 g/mol. The lowest BCUT2D eigenvalue weighted by Crippen LogP contribution is -2.41. The van der Waals surface area contributed by atoms with Gasteiger partial charge >= 0.3 is 5.69 Å². The van der Waals surface area contributed by atoms with E-state index in [0.717, 1.165) is 17.7 Å². The third-order valence-electron chi connectivity index (χ3n) is 5.74. The van der Waals surface area contributed by atoms with Crippen LogP contribution in [0.5, 0.6) is 0 Å². The second kappa shape index (κ2) is 10.3. The van der Waals surface area contributed by atoms with E-state index in [-0.39, 0.29) is 18.1 Å². The average Bonchev–Trinajstić information content (AvgIpc) is 3.36. The monoisotopic (exact) mass is 473 g/mol. The van der Waals surface area contributed by atoms with Gasteiger partial charge in [0.2, 0.25) is 0 Å². The summed E-state index contributed by atoms with van der Waals surface area (Å²) in [6, 6.07) is 16.5. The molecule has 0 fully saturated rings. The van der Waals surface area contributed by atoms with E-state index in [9.17, 15) is 14.4 Å². The normalized spacial score (nSPS) is 10.9. The molecule has 0 saturated carbocycles. The van der Waals surface area contributed by atoms with Crippen molar-refractivity contribution in [3.05, 3.63) is 98.7 Å². The van der Waals surface area contributed by atoms with Crippen molar-refractivity contribution in [2.45, 2.75) is 39.8 Å². The maximum absolute atomic E-state index is 13.8. The largest absolute Gasteiger partial charge is 0.467 e. The quantitative estimate of drug-likeness (QED) is 0.401. The number of benzene rings is 1. The summed E-state index contributed by atoms with van der Waals surface area (Å²) >= 11 is 0. The fourth-order valence-electron chi connectivity index (χ4n) is 3.89. The Balaban J connectivity index is 1.81. The first kappa shape index (κ1) is 23.7. The Morgan fingerprint density at radius 1 is 1.11 bits per heavy atom. The van der Waals surface area contributed by atoms with Gasteiger partial charge in [-0.25, -0.2) is 4.79 Å². The van der Waals surface area contributed by atoms with Crippen molar-refractivity contribution in [2.24, 2.45) is 0 Å². The number of aromatic nitrogens is 3. The molecule has 0 unspecified atom stereocenters. The zero-order valence-electron chi connectivity index (χ0n) is 19.7. The number of anilines is 2. The first-order chi connectivity index (χ1) is 16.9. The topological polar surface area (TPSA) is 127 Å². The van der Waals surface area contributed by atoms with Crippen molar-refractivity contribution in [1.29, 1.82) is 0 Å². The summed E-state index contributed by atoms with van der Waals surface area (Å²) in [5, 5.41) is 0. The molecule has 9 heteroatoms. The van der Waals surface area contributed by atoms with Gasteiger partial charge in [0, 0.05) is 12.1 Å². The van der Waals surface area contributed by atoms with Gasteiger partial charge in [0.05, 0.1) is 29.8 Å². The number of aryl methyl sites for hydroxylation is 1. The smallest absolute Gasteiger partial charge is 0.330 e. The molecule has 1 aromatic carbocycles. The first-order valence-electron chi connectivity index (χ1n) is 11.4. The van der Waals surface area contributed by atoms with Crippen LogP contribution in [0, 0.1) is 6.92 Å². The lowest BCUT2D eigenvalue weighted by molar-refractivity contribution is 0.0982. The number of H-pyrrole nitrogens is 1. The predicted molar refractivity (Wildman–Crippen MR) is 134 cm³/mol. The number of carbonyl (C=O) groups is 1. The molecule has 4 rings (SSSR count). The number of nitrogens with two attached hydrogens (primary N) is 1. The number of hydrogen-bond donors (Lipinski definition) is 2. The molecule has 0 aliphatic carbocycles. The van der Waals surface area contributed by atoms with E-state index in [1.807, 2.05) is 37.3 Å². The summed E-state index contributed by atoms with van der Waals surface area (Å²) in [5.74, 6) is -0.0995. The van der Waals surface area contributed by atoms with E-state index >= 15 is 0 Å². The number of pyridine rings is 1. The fraction of sp³-hybridized carbons (Fsp3) is 0.231. The standard InChI is InChI=1S/C26H27N5O4/c1-3-4-14-30-23(27)22(24(32)29-26(30)34)31(16-19-11-8-15-35-19)25(33)20-12-13-21(28-17(20)2)18-9-6-5-7-10-18/h5-13,15H,3-4,14,16,27H2,1-2H3,(H,29,32,34). The zero-order valence-corrected chi connectivity index (χ0v) is 19.7. The minimum absolute atomic E-state index is 0.0506. The van der Waals surface area contributed by atoms with Gasteiger partial charge < -0.3 is 10.2 Å². The lowest BCUT2D eigenvalue weighted by atomic mass is 10.1. The number of nitrogens with zero attached hydrogens (tertiary/aromatic N) is 3. The number of furan rings is 1. The van der Waals surface area contributed by atoms with Crippen molar-refractivity contribution in [3.63, 3.8) is 0 Å². The van der Waals surface area contributed by atoms with Crippen molar-refractivity contribution in [3.8, 4) is 11.3 Å². The van der Waals surface area contributed by atoms with E-state index < -0.39 is 17.2 Å². The Kier molecular flexibility index (Phi) is 6.96. The zero-order chi connectivity index (χ0) is 24.9. The van der Waals surface area contributed by atoms with Crippen LogP contribution < -0.4 is 21.9 Å². The number of carbonyl (C=O) groups excluding carboxylic acids is 1. The molecule has 180 valence electrons.